The number of halogens is 1. The van der Waals surface area contributed by atoms with Crippen molar-refractivity contribution in [3.63, 3.8) is 0 Å². The molecule has 1 aliphatic heterocycles. The van der Waals surface area contributed by atoms with Gasteiger partial charge in [-0.05, 0) is 55.3 Å². The maximum atomic E-state index is 13.2. The first-order valence-corrected chi connectivity index (χ1v) is 11.1. The van der Waals surface area contributed by atoms with Crippen molar-refractivity contribution >= 4 is 39.1 Å². The molecule has 10 heteroatoms. The van der Waals surface area contributed by atoms with Gasteiger partial charge in [-0.2, -0.15) is 4.31 Å². The smallest absolute Gasteiger partial charge is 0.248 e. The van der Waals surface area contributed by atoms with E-state index in [1.54, 1.807) is 18.2 Å². The van der Waals surface area contributed by atoms with Crippen LogP contribution in [-0.4, -0.2) is 44.7 Å². The first kappa shape index (κ1) is 22.1. The summed E-state index contributed by atoms with van der Waals surface area (Å²) in [6, 6.07) is 10.6. The van der Waals surface area contributed by atoms with Crippen molar-refractivity contribution in [1.29, 1.82) is 0 Å². The van der Waals surface area contributed by atoms with Crippen LogP contribution in [0.4, 0.5) is 5.69 Å². The zero-order chi connectivity index (χ0) is 21.9. The quantitative estimate of drug-likeness (QED) is 0.699. The molecule has 0 aromatic heterocycles. The second kappa shape index (κ2) is 9.03. The maximum Gasteiger partial charge on any atom is 0.248 e. The highest BCUT2D eigenvalue weighted by molar-refractivity contribution is 7.89. The summed E-state index contributed by atoms with van der Waals surface area (Å²) in [6.07, 6.45) is 1.10. The Bertz CT molecular complexity index is 1060. The third-order valence-corrected chi connectivity index (χ3v) is 7.06. The van der Waals surface area contributed by atoms with Gasteiger partial charge < -0.3 is 15.8 Å². The number of carbonyl (C=O) groups is 2. The fourth-order valence-electron chi connectivity index (χ4n) is 3.33. The highest BCUT2D eigenvalue weighted by Crippen LogP contribution is 2.32. The number of anilines is 1. The average molecular weight is 452 g/mol. The highest BCUT2D eigenvalue weighted by Gasteiger charge is 2.35. The summed E-state index contributed by atoms with van der Waals surface area (Å²) in [7, 11) is -2.50. The molecule has 1 saturated heterocycles. The van der Waals surface area contributed by atoms with Gasteiger partial charge in [0.15, 0.2) is 0 Å². The average Bonchev–Trinajstić information content (AvgIpc) is 2.74. The second-order valence-electron chi connectivity index (χ2n) is 6.93. The van der Waals surface area contributed by atoms with Gasteiger partial charge >= 0.3 is 0 Å². The van der Waals surface area contributed by atoms with E-state index in [1.807, 2.05) is 0 Å². The first-order chi connectivity index (χ1) is 14.2. The molecule has 1 atom stereocenters. The van der Waals surface area contributed by atoms with Crippen LogP contribution in [0.15, 0.2) is 47.4 Å². The number of amides is 2. The summed E-state index contributed by atoms with van der Waals surface area (Å²) >= 11 is 5.99. The molecule has 0 unspecified atom stereocenters. The van der Waals surface area contributed by atoms with Crippen LogP contribution in [0.2, 0.25) is 5.02 Å². The van der Waals surface area contributed by atoms with E-state index in [0.29, 0.717) is 30.6 Å². The molecule has 2 amide bonds. The number of primary amides is 1. The van der Waals surface area contributed by atoms with E-state index < -0.39 is 21.8 Å². The minimum Gasteiger partial charge on any atom is -0.495 e. The minimum absolute atomic E-state index is 0.0272. The predicted octanol–water partition coefficient (Wildman–Crippen LogP) is 2.49. The van der Waals surface area contributed by atoms with Crippen molar-refractivity contribution in [2.45, 2.75) is 17.7 Å². The monoisotopic (exact) mass is 451 g/mol. The zero-order valence-electron chi connectivity index (χ0n) is 16.3. The Morgan fingerprint density at radius 2 is 1.90 bits per heavy atom. The molecule has 0 radical (unpaired) electrons. The second-order valence-corrected chi connectivity index (χ2v) is 9.27. The van der Waals surface area contributed by atoms with Crippen molar-refractivity contribution < 1.29 is 22.7 Å². The van der Waals surface area contributed by atoms with E-state index in [2.05, 4.69) is 5.32 Å². The Labute approximate surface area is 180 Å². The summed E-state index contributed by atoms with van der Waals surface area (Å²) in [5, 5.41) is 3.04. The van der Waals surface area contributed by atoms with E-state index in [9.17, 15) is 18.0 Å². The normalized spacial score (nSPS) is 17.3. The number of nitrogens with one attached hydrogen (secondary N) is 1. The van der Waals surface area contributed by atoms with Crippen molar-refractivity contribution in [2.75, 3.05) is 25.5 Å². The van der Waals surface area contributed by atoms with Gasteiger partial charge in [-0.1, -0.05) is 11.6 Å². The number of hydrogen-bond donors (Lipinski definition) is 2. The highest BCUT2D eigenvalue weighted by atomic mass is 35.5. The lowest BCUT2D eigenvalue weighted by Crippen LogP contribution is -2.43. The van der Waals surface area contributed by atoms with Crippen molar-refractivity contribution in [3.8, 4) is 5.75 Å². The van der Waals surface area contributed by atoms with Gasteiger partial charge in [0.25, 0.3) is 0 Å². The molecule has 0 spiro atoms. The van der Waals surface area contributed by atoms with Crippen LogP contribution < -0.4 is 15.8 Å². The number of hydrogen-bond acceptors (Lipinski definition) is 5. The summed E-state index contributed by atoms with van der Waals surface area (Å²) in [6.45, 7) is 0.346. The largest absolute Gasteiger partial charge is 0.495 e. The number of ether oxygens (including phenoxy) is 1. The molecule has 1 aliphatic rings. The summed E-state index contributed by atoms with van der Waals surface area (Å²) in [4.78, 5) is 23.8. The van der Waals surface area contributed by atoms with E-state index in [4.69, 9.17) is 22.1 Å². The van der Waals surface area contributed by atoms with Crippen molar-refractivity contribution in [1.82, 2.24) is 4.31 Å². The fourth-order valence-corrected chi connectivity index (χ4v) is 5.27. The molecule has 0 bridgehead atoms. The van der Waals surface area contributed by atoms with Gasteiger partial charge in [0.2, 0.25) is 21.8 Å². The molecule has 160 valence electrons. The predicted molar refractivity (Wildman–Crippen MR) is 113 cm³/mol. The van der Waals surface area contributed by atoms with Crippen LogP contribution in [0.3, 0.4) is 0 Å². The fraction of sp³-hybridized carbons (Fsp3) is 0.300. The number of methoxy groups -OCH3 is 1. The molecule has 0 aliphatic carbocycles. The molecule has 1 heterocycles. The summed E-state index contributed by atoms with van der Waals surface area (Å²) < 4.78 is 32.8. The topological polar surface area (TPSA) is 119 Å². The van der Waals surface area contributed by atoms with E-state index in [0.717, 1.165) is 0 Å². The number of carbonyl (C=O) groups excluding carboxylic acids is 2. The third-order valence-electron chi connectivity index (χ3n) is 4.94. The van der Waals surface area contributed by atoms with Crippen molar-refractivity contribution in [3.05, 3.63) is 53.1 Å². The van der Waals surface area contributed by atoms with Gasteiger partial charge in [-0.25, -0.2) is 8.42 Å². The number of piperidine rings is 1. The third kappa shape index (κ3) is 4.75. The summed E-state index contributed by atoms with van der Waals surface area (Å²) in [5.41, 5.74) is 6.04. The van der Waals surface area contributed by atoms with E-state index in [1.165, 1.54) is 35.7 Å². The lowest BCUT2D eigenvalue weighted by atomic mass is 9.98. The van der Waals surface area contributed by atoms with Gasteiger partial charge in [0.1, 0.15) is 10.6 Å². The Hall–Kier alpha value is -2.62. The van der Waals surface area contributed by atoms with Crippen LogP contribution >= 0.6 is 11.6 Å². The SMILES string of the molecule is COc1ccc(Cl)cc1S(=O)(=O)N1CCC[C@@H](C(=O)Nc2ccc(C(N)=O)cc2)C1. The van der Waals surface area contributed by atoms with Crippen molar-refractivity contribution in [2.24, 2.45) is 11.7 Å². The van der Waals surface area contributed by atoms with E-state index >= 15 is 0 Å². The zero-order valence-corrected chi connectivity index (χ0v) is 17.9. The molecule has 30 heavy (non-hydrogen) atoms. The molecule has 0 saturated carbocycles. The Balaban J connectivity index is 1.75. The first-order valence-electron chi connectivity index (χ1n) is 9.27. The number of rotatable bonds is 6. The molecule has 8 nitrogen and oxygen atoms in total. The molecule has 2 aromatic carbocycles. The van der Waals surface area contributed by atoms with Crippen LogP contribution in [-0.2, 0) is 14.8 Å². The van der Waals surface area contributed by atoms with Gasteiger partial charge in [-0.15, -0.1) is 0 Å². The van der Waals surface area contributed by atoms with Crippen LogP contribution in [0.25, 0.3) is 0 Å². The summed E-state index contributed by atoms with van der Waals surface area (Å²) in [5.74, 6) is -1.17. The van der Waals surface area contributed by atoms with Crippen LogP contribution in [0.5, 0.6) is 5.75 Å². The standard InChI is InChI=1S/C20H22ClN3O5S/c1-29-17-9-6-15(21)11-18(17)30(27,28)24-10-2-3-14(12-24)20(26)23-16-7-4-13(5-8-16)19(22)25/h4-9,11,14H,2-3,10,12H2,1H3,(H2,22,25)(H,23,26)/t14-/m1/s1. The molecule has 1 fully saturated rings. The molecule has 2 aromatic rings. The minimum atomic E-state index is -3.89. The molecular weight excluding hydrogens is 430 g/mol. The van der Waals surface area contributed by atoms with Gasteiger partial charge in [-0.3, -0.25) is 9.59 Å². The van der Waals surface area contributed by atoms with E-state index in [-0.39, 0.29) is 28.1 Å². The number of sulfonamides is 1. The Morgan fingerprint density at radius 1 is 1.20 bits per heavy atom. The lowest BCUT2D eigenvalue weighted by molar-refractivity contribution is -0.120. The Kier molecular flexibility index (Phi) is 6.64. The molecular formula is C20H22ClN3O5S. The van der Waals surface area contributed by atoms with Crippen LogP contribution in [0, 0.1) is 5.92 Å². The lowest BCUT2D eigenvalue weighted by Gasteiger charge is -2.31. The molecule has 3 N–H and O–H groups in total. The van der Waals surface area contributed by atoms with Crippen LogP contribution in [0.1, 0.15) is 23.2 Å². The number of nitrogens with zero attached hydrogens (tertiary/aromatic N) is 1. The maximum absolute atomic E-state index is 13.2. The molecule has 3 rings (SSSR count). The van der Waals surface area contributed by atoms with Gasteiger partial charge in [0.05, 0.1) is 13.0 Å². The number of benzene rings is 2. The van der Waals surface area contributed by atoms with Gasteiger partial charge in [0, 0.05) is 29.4 Å². The Morgan fingerprint density at radius 3 is 2.53 bits per heavy atom. The number of nitrogens with two attached hydrogens (primary N) is 1.